The molecule has 22 heavy (non-hydrogen) atoms. The molecule has 0 bridgehead atoms. The first-order valence-electron chi connectivity index (χ1n) is 7.24. The van der Waals surface area contributed by atoms with E-state index in [0.717, 1.165) is 0 Å². The van der Waals surface area contributed by atoms with E-state index in [2.05, 4.69) is 5.32 Å². The van der Waals surface area contributed by atoms with Crippen molar-refractivity contribution < 1.29 is 17.6 Å². The summed E-state index contributed by atoms with van der Waals surface area (Å²) >= 11 is 1.55. The minimum absolute atomic E-state index is 0.0453. The van der Waals surface area contributed by atoms with Gasteiger partial charge < -0.3 is 5.32 Å². The molecular weight excluding hydrogens is 325 g/mol. The van der Waals surface area contributed by atoms with E-state index in [1.165, 1.54) is 6.07 Å². The van der Waals surface area contributed by atoms with E-state index < -0.39 is 9.84 Å². The first-order chi connectivity index (χ1) is 10.5. The average Bonchev–Trinajstić information content (AvgIpc) is 2.79. The van der Waals surface area contributed by atoms with Crippen LogP contribution >= 0.6 is 11.8 Å². The SMILES string of the molecule is O=C(CC1CCS(=O)(=O)C1)NCCSCc1ccccc1F. The van der Waals surface area contributed by atoms with E-state index in [9.17, 15) is 17.6 Å². The van der Waals surface area contributed by atoms with Crippen LogP contribution in [0.3, 0.4) is 0 Å². The number of benzene rings is 1. The van der Waals surface area contributed by atoms with E-state index in [4.69, 9.17) is 0 Å². The fraction of sp³-hybridized carbons (Fsp3) is 0.533. The van der Waals surface area contributed by atoms with Crippen LogP contribution in [0.25, 0.3) is 0 Å². The molecule has 1 fully saturated rings. The largest absolute Gasteiger partial charge is 0.355 e. The maximum atomic E-state index is 13.4. The predicted octanol–water partition coefficient (Wildman–Crippen LogP) is 2.00. The number of sulfone groups is 1. The number of carbonyl (C=O) groups excluding carboxylic acids is 1. The molecule has 7 heteroatoms. The Kier molecular flexibility index (Phi) is 6.26. The molecule has 1 aromatic carbocycles. The fourth-order valence-electron chi connectivity index (χ4n) is 2.43. The summed E-state index contributed by atoms with van der Waals surface area (Å²) in [6.45, 7) is 0.511. The molecule has 122 valence electrons. The summed E-state index contributed by atoms with van der Waals surface area (Å²) < 4.78 is 36.0. The summed E-state index contributed by atoms with van der Waals surface area (Å²) in [5.41, 5.74) is 0.662. The van der Waals surface area contributed by atoms with Crippen LogP contribution in [0.1, 0.15) is 18.4 Å². The van der Waals surface area contributed by atoms with Gasteiger partial charge in [-0.2, -0.15) is 11.8 Å². The first kappa shape index (κ1) is 17.3. The molecule has 1 amide bonds. The smallest absolute Gasteiger partial charge is 0.220 e. The molecule has 4 nitrogen and oxygen atoms in total. The van der Waals surface area contributed by atoms with Crippen molar-refractivity contribution in [3.05, 3.63) is 35.6 Å². The lowest BCUT2D eigenvalue weighted by molar-refractivity contribution is -0.121. The predicted molar refractivity (Wildman–Crippen MR) is 86.9 cm³/mol. The topological polar surface area (TPSA) is 63.2 Å². The second-order valence-electron chi connectivity index (χ2n) is 5.47. The third-order valence-corrected chi connectivity index (χ3v) is 6.43. The van der Waals surface area contributed by atoms with Gasteiger partial charge in [0.25, 0.3) is 0 Å². The van der Waals surface area contributed by atoms with Crippen LogP contribution < -0.4 is 5.32 Å². The van der Waals surface area contributed by atoms with Gasteiger partial charge in [0.05, 0.1) is 11.5 Å². The van der Waals surface area contributed by atoms with Gasteiger partial charge in [0.1, 0.15) is 5.82 Å². The van der Waals surface area contributed by atoms with E-state index >= 15 is 0 Å². The summed E-state index contributed by atoms with van der Waals surface area (Å²) in [7, 11) is -2.92. The zero-order valence-electron chi connectivity index (χ0n) is 12.3. The molecule has 0 saturated carbocycles. The van der Waals surface area contributed by atoms with Crippen molar-refractivity contribution in [3.63, 3.8) is 0 Å². The number of amides is 1. The van der Waals surface area contributed by atoms with Crippen LogP contribution in [0, 0.1) is 11.7 Å². The van der Waals surface area contributed by atoms with Gasteiger partial charge in [-0.1, -0.05) is 18.2 Å². The lowest BCUT2D eigenvalue weighted by atomic mass is 10.1. The zero-order chi connectivity index (χ0) is 16.0. The molecular formula is C15H20FNO3S2. The van der Waals surface area contributed by atoms with Crippen molar-refractivity contribution in [1.29, 1.82) is 0 Å². The van der Waals surface area contributed by atoms with Crippen LogP contribution in [-0.4, -0.2) is 38.1 Å². The van der Waals surface area contributed by atoms with Crippen LogP contribution in [0.4, 0.5) is 4.39 Å². The molecule has 1 N–H and O–H groups in total. The quantitative estimate of drug-likeness (QED) is 0.768. The van der Waals surface area contributed by atoms with Gasteiger partial charge in [0, 0.05) is 24.5 Å². The fourth-order valence-corrected chi connectivity index (χ4v) is 5.13. The normalized spacial score (nSPS) is 20.0. The number of rotatable bonds is 7. The monoisotopic (exact) mass is 345 g/mol. The molecule has 1 heterocycles. The van der Waals surface area contributed by atoms with Crippen molar-refractivity contribution in [2.45, 2.75) is 18.6 Å². The second kappa shape index (κ2) is 7.97. The number of thioether (sulfide) groups is 1. The molecule has 0 spiro atoms. The van der Waals surface area contributed by atoms with Gasteiger partial charge in [-0.25, -0.2) is 12.8 Å². The Morgan fingerprint density at radius 3 is 2.82 bits per heavy atom. The first-order valence-corrected chi connectivity index (χ1v) is 10.2. The second-order valence-corrected chi connectivity index (χ2v) is 8.80. The molecule has 0 radical (unpaired) electrons. The van der Waals surface area contributed by atoms with Crippen molar-refractivity contribution in [2.75, 3.05) is 23.8 Å². The van der Waals surface area contributed by atoms with Gasteiger partial charge in [-0.15, -0.1) is 0 Å². The minimum atomic E-state index is -2.92. The molecule has 1 aromatic rings. The van der Waals surface area contributed by atoms with E-state index in [1.807, 2.05) is 0 Å². The Bertz CT molecular complexity index is 619. The third-order valence-electron chi connectivity index (χ3n) is 3.58. The van der Waals surface area contributed by atoms with Gasteiger partial charge >= 0.3 is 0 Å². The van der Waals surface area contributed by atoms with E-state index in [-0.39, 0.29) is 35.6 Å². The van der Waals surface area contributed by atoms with Crippen molar-refractivity contribution >= 4 is 27.5 Å². The summed E-state index contributed by atoms with van der Waals surface area (Å²) in [4.78, 5) is 11.7. The molecule has 0 aliphatic carbocycles. The van der Waals surface area contributed by atoms with Crippen LogP contribution in [-0.2, 0) is 20.4 Å². The van der Waals surface area contributed by atoms with Crippen molar-refractivity contribution in [3.8, 4) is 0 Å². The Morgan fingerprint density at radius 2 is 2.14 bits per heavy atom. The highest BCUT2D eigenvalue weighted by Gasteiger charge is 2.29. The number of carbonyl (C=O) groups is 1. The van der Waals surface area contributed by atoms with Gasteiger partial charge in [0.15, 0.2) is 9.84 Å². The van der Waals surface area contributed by atoms with Crippen LogP contribution in [0.15, 0.2) is 24.3 Å². The van der Waals surface area contributed by atoms with Gasteiger partial charge in [0.2, 0.25) is 5.91 Å². The number of hydrogen-bond donors (Lipinski definition) is 1. The highest BCUT2D eigenvalue weighted by atomic mass is 32.2. The molecule has 1 aliphatic rings. The maximum Gasteiger partial charge on any atom is 0.220 e. The standard InChI is InChI=1S/C15H20FNO3S2/c16-14-4-2-1-3-13(14)10-21-7-6-17-15(18)9-12-5-8-22(19,20)11-12/h1-4,12H,5-11H2,(H,17,18). The summed E-state index contributed by atoms with van der Waals surface area (Å²) in [5.74, 6) is 1.24. The summed E-state index contributed by atoms with van der Waals surface area (Å²) in [6.07, 6.45) is 0.856. The Balaban J connectivity index is 1.59. The molecule has 1 aliphatic heterocycles. The van der Waals surface area contributed by atoms with Crippen molar-refractivity contribution in [2.24, 2.45) is 5.92 Å². The van der Waals surface area contributed by atoms with E-state index in [0.29, 0.717) is 30.0 Å². The average molecular weight is 345 g/mol. The van der Waals surface area contributed by atoms with E-state index in [1.54, 1.807) is 30.0 Å². The Hall–Kier alpha value is -1.08. The zero-order valence-corrected chi connectivity index (χ0v) is 13.9. The van der Waals surface area contributed by atoms with Crippen LogP contribution in [0.2, 0.25) is 0 Å². The lowest BCUT2D eigenvalue weighted by Gasteiger charge is -2.08. The maximum absolute atomic E-state index is 13.4. The lowest BCUT2D eigenvalue weighted by Crippen LogP contribution is -2.28. The van der Waals surface area contributed by atoms with Gasteiger partial charge in [-0.05, 0) is 24.0 Å². The van der Waals surface area contributed by atoms with Crippen LogP contribution in [0.5, 0.6) is 0 Å². The summed E-state index contributed by atoms with van der Waals surface area (Å²) in [5, 5.41) is 2.79. The number of hydrogen-bond acceptors (Lipinski definition) is 4. The third kappa shape index (κ3) is 5.61. The Labute approximate surface area is 134 Å². The number of nitrogens with one attached hydrogen (secondary N) is 1. The van der Waals surface area contributed by atoms with Gasteiger partial charge in [-0.3, -0.25) is 4.79 Å². The molecule has 1 saturated heterocycles. The molecule has 1 atom stereocenters. The summed E-state index contributed by atoms with van der Waals surface area (Å²) in [6, 6.07) is 6.65. The highest BCUT2D eigenvalue weighted by Crippen LogP contribution is 2.21. The molecule has 0 aromatic heterocycles. The Morgan fingerprint density at radius 1 is 1.36 bits per heavy atom. The molecule has 2 rings (SSSR count). The minimum Gasteiger partial charge on any atom is -0.355 e. The van der Waals surface area contributed by atoms with Crippen molar-refractivity contribution in [1.82, 2.24) is 5.32 Å². The number of halogens is 1. The molecule has 1 unspecified atom stereocenters. The highest BCUT2D eigenvalue weighted by molar-refractivity contribution is 7.98.